The van der Waals surface area contributed by atoms with Crippen LogP contribution in [-0.2, 0) is 11.3 Å². The second-order valence-electron chi connectivity index (χ2n) is 7.85. The molecule has 170 valence electrons. The Bertz CT molecular complexity index is 1140. The number of ether oxygens (including phenoxy) is 1. The molecule has 32 heavy (non-hydrogen) atoms. The number of benzene rings is 1. The van der Waals surface area contributed by atoms with Gasteiger partial charge in [0.2, 0.25) is 0 Å². The van der Waals surface area contributed by atoms with Crippen molar-refractivity contribution in [3.8, 4) is 11.4 Å². The van der Waals surface area contributed by atoms with Crippen molar-refractivity contribution in [3.05, 3.63) is 52.6 Å². The van der Waals surface area contributed by atoms with Crippen LogP contribution in [0.25, 0.3) is 11.4 Å². The van der Waals surface area contributed by atoms with Crippen LogP contribution < -0.4 is 0 Å². The molecule has 0 bridgehead atoms. The van der Waals surface area contributed by atoms with Crippen LogP contribution in [0, 0.1) is 25.6 Å². The first-order valence-corrected chi connectivity index (χ1v) is 11.4. The maximum absolute atomic E-state index is 14.4. The highest BCUT2D eigenvalue weighted by Crippen LogP contribution is 2.28. The van der Waals surface area contributed by atoms with Crippen molar-refractivity contribution in [2.75, 3.05) is 12.4 Å². The van der Waals surface area contributed by atoms with Gasteiger partial charge in [-0.2, -0.15) is 0 Å². The fraction of sp³-hybridized carbons (Fsp3) is 0.391. The molecule has 0 atom stereocenters. The number of H-pyrrole nitrogens is 1. The van der Waals surface area contributed by atoms with Crippen LogP contribution in [0.4, 0.5) is 4.39 Å². The summed E-state index contributed by atoms with van der Waals surface area (Å²) < 4.78 is 21.3. The Morgan fingerprint density at radius 1 is 1.22 bits per heavy atom. The van der Waals surface area contributed by atoms with Crippen LogP contribution >= 0.6 is 11.8 Å². The molecule has 3 aromatic rings. The maximum atomic E-state index is 14.4. The molecule has 0 fully saturated rings. The van der Waals surface area contributed by atoms with E-state index in [-0.39, 0.29) is 29.9 Å². The molecule has 2 heterocycles. The van der Waals surface area contributed by atoms with Crippen molar-refractivity contribution in [1.29, 1.82) is 0 Å². The molecule has 0 saturated carbocycles. The van der Waals surface area contributed by atoms with E-state index in [0.717, 1.165) is 0 Å². The quantitative estimate of drug-likeness (QED) is 0.280. The molecule has 0 aliphatic carbocycles. The van der Waals surface area contributed by atoms with Gasteiger partial charge in [-0.05, 0) is 44.4 Å². The van der Waals surface area contributed by atoms with Crippen LogP contribution in [0.15, 0.2) is 29.4 Å². The second-order valence-corrected chi connectivity index (χ2v) is 8.79. The van der Waals surface area contributed by atoms with Crippen LogP contribution in [0.1, 0.15) is 52.9 Å². The fourth-order valence-corrected chi connectivity index (χ4v) is 4.36. The second kappa shape index (κ2) is 10.1. The summed E-state index contributed by atoms with van der Waals surface area (Å²) in [7, 11) is 0. The first-order chi connectivity index (χ1) is 15.2. The Balaban J connectivity index is 1.85. The number of rotatable bonds is 9. The summed E-state index contributed by atoms with van der Waals surface area (Å²) in [5, 5.41) is 8.98. The molecule has 0 spiro atoms. The van der Waals surface area contributed by atoms with Gasteiger partial charge in [-0.25, -0.2) is 9.18 Å². The lowest BCUT2D eigenvalue weighted by Crippen LogP contribution is -2.11. The summed E-state index contributed by atoms with van der Waals surface area (Å²) in [4.78, 5) is 28.1. The molecule has 0 aliphatic heterocycles. The minimum Gasteiger partial charge on any atom is -0.461 e. The highest BCUT2D eigenvalue weighted by molar-refractivity contribution is 7.99. The van der Waals surface area contributed by atoms with E-state index < -0.39 is 5.97 Å². The highest BCUT2D eigenvalue weighted by atomic mass is 32.2. The molecule has 0 radical (unpaired) electrons. The van der Waals surface area contributed by atoms with Crippen molar-refractivity contribution < 1.29 is 18.7 Å². The Kier molecular flexibility index (Phi) is 7.50. The van der Waals surface area contributed by atoms with E-state index in [1.165, 1.54) is 17.8 Å². The van der Waals surface area contributed by atoms with Gasteiger partial charge in [0.1, 0.15) is 11.5 Å². The Labute approximate surface area is 190 Å². The van der Waals surface area contributed by atoms with Crippen molar-refractivity contribution >= 4 is 23.5 Å². The van der Waals surface area contributed by atoms with Gasteiger partial charge in [-0.15, -0.1) is 10.2 Å². The van der Waals surface area contributed by atoms with E-state index in [9.17, 15) is 14.0 Å². The van der Waals surface area contributed by atoms with E-state index in [4.69, 9.17) is 4.74 Å². The number of nitrogens with zero attached hydrogens (tertiary/aromatic N) is 3. The fourth-order valence-electron chi connectivity index (χ4n) is 3.54. The lowest BCUT2D eigenvalue weighted by Gasteiger charge is -2.13. The van der Waals surface area contributed by atoms with Gasteiger partial charge in [-0.1, -0.05) is 37.7 Å². The number of thioether (sulfide) groups is 1. The summed E-state index contributed by atoms with van der Waals surface area (Å²) in [5.41, 5.74) is 2.33. The number of carbonyl (C=O) groups is 2. The molecular formula is C23H27FN4O3S. The molecule has 9 heteroatoms. The topological polar surface area (TPSA) is 89.9 Å². The standard InChI is InChI=1S/C23H27FN4O3S/c1-6-31-22(30)20-14(4)19(15(5)25-20)18(29)12-32-23-27-26-21(28(23)11-13(2)3)16-9-7-8-10-17(16)24/h7-10,13,25H,6,11-12H2,1-5H3. The van der Waals surface area contributed by atoms with Gasteiger partial charge in [-0.3, -0.25) is 4.79 Å². The van der Waals surface area contributed by atoms with Crippen molar-refractivity contribution in [1.82, 2.24) is 19.7 Å². The Hall–Kier alpha value is -2.94. The summed E-state index contributed by atoms with van der Waals surface area (Å²) in [6.45, 7) is 10.2. The SMILES string of the molecule is CCOC(=O)c1[nH]c(C)c(C(=O)CSc2nnc(-c3ccccc3F)n2CC(C)C)c1C. The molecule has 7 nitrogen and oxygen atoms in total. The van der Waals surface area contributed by atoms with Crippen LogP contribution in [-0.4, -0.2) is 43.9 Å². The zero-order valence-electron chi connectivity index (χ0n) is 18.9. The lowest BCUT2D eigenvalue weighted by atomic mass is 10.1. The third-order valence-corrected chi connectivity index (χ3v) is 5.87. The van der Waals surface area contributed by atoms with Crippen LogP contribution in [0.5, 0.6) is 0 Å². The average Bonchev–Trinajstić information content (AvgIpc) is 3.26. The van der Waals surface area contributed by atoms with E-state index in [1.807, 2.05) is 18.4 Å². The average molecular weight is 459 g/mol. The third kappa shape index (κ3) is 4.93. The molecule has 0 saturated heterocycles. The van der Waals surface area contributed by atoms with E-state index >= 15 is 0 Å². The van der Waals surface area contributed by atoms with E-state index in [2.05, 4.69) is 15.2 Å². The van der Waals surface area contributed by atoms with Gasteiger partial charge in [0, 0.05) is 17.8 Å². The minimum absolute atomic E-state index is 0.106. The zero-order valence-corrected chi connectivity index (χ0v) is 19.7. The van der Waals surface area contributed by atoms with Crippen LogP contribution in [0.2, 0.25) is 0 Å². The maximum Gasteiger partial charge on any atom is 0.355 e. The van der Waals surface area contributed by atoms with E-state index in [1.54, 1.807) is 39.0 Å². The summed E-state index contributed by atoms with van der Waals surface area (Å²) in [5.74, 6) is -0.176. The first-order valence-electron chi connectivity index (χ1n) is 10.4. The summed E-state index contributed by atoms with van der Waals surface area (Å²) >= 11 is 1.25. The van der Waals surface area contributed by atoms with Crippen molar-refractivity contribution in [2.45, 2.75) is 46.3 Å². The number of esters is 1. The number of hydrogen-bond donors (Lipinski definition) is 1. The first kappa shape index (κ1) is 23.7. The monoisotopic (exact) mass is 458 g/mol. The number of aryl methyl sites for hydroxylation is 1. The number of aromatic amines is 1. The molecule has 1 N–H and O–H groups in total. The zero-order chi connectivity index (χ0) is 23.4. The van der Waals surface area contributed by atoms with Gasteiger partial charge >= 0.3 is 5.97 Å². The lowest BCUT2D eigenvalue weighted by molar-refractivity contribution is 0.0519. The predicted octanol–water partition coefficient (Wildman–Crippen LogP) is 4.84. The normalized spacial score (nSPS) is 11.2. The molecule has 1 aromatic carbocycles. The van der Waals surface area contributed by atoms with Gasteiger partial charge in [0.15, 0.2) is 16.8 Å². The van der Waals surface area contributed by atoms with Gasteiger partial charge in [0.25, 0.3) is 0 Å². The number of Topliss-reactive ketones (excluding diaryl/α,β-unsaturated/α-hetero) is 1. The number of hydrogen-bond acceptors (Lipinski definition) is 6. The predicted molar refractivity (Wildman–Crippen MR) is 122 cm³/mol. The van der Waals surface area contributed by atoms with Crippen molar-refractivity contribution in [2.24, 2.45) is 5.92 Å². The summed E-state index contributed by atoms with van der Waals surface area (Å²) in [6.07, 6.45) is 0. The number of ketones is 1. The van der Waals surface area contributed by atoms with Crippen LogP contribution in [0.3, 0.4) is 0 Å². The molecular weight excluding hydrogens is 431 g/mol. The van der Waals surface area contributed by atoms with Crippen molar-refractivity contribution in [3.63, 3.8) is 0 Å². The Morgan fingerprint density at radius 2 is 1.94 bits per heavy atom. The Morgan fingerprint density at radius 3 is 2.59 bits per heavy atom. The molecule has 2 aromatic heterocycles. The number of carbonyl (C=O) groups excluding carboxylic acids is 2. The number of aromatic nitrogens is 4. The highest BCUT2D eigenvalue weighted by Gasteiger charge is 2.24. The van der Waals surface area contributed by atoms with Gasteiger partial charge in [0.05, 0.1) is 17.9 Å². The van der Waals surface area contributed by atoms with E-state index in [0.29, 0.717) is 45.6 Å². The largest absolute Gasteiger partial charge is 0.461 e. The number of nitrogens with one attached hydrogen (secondary N) is 1. The minimum atomic E-state index is -0.481. The smallest absolute Gasteiger partial charge is 0.355 e. The summed E-state index contributed by atoms with van der Waals surface area (Å²) in [6, 6.07) is 6.43. The van der Waals surface area contributed by atoms with Gasteiger partial charge < -0.3 is 14.3 Å². The molecule has 0 unspecified atom stereocenters. The number of halogens is 1. The molecule has 3 rings (SSSR count). The molecule has 0 amide bonds. The molecule has 0 aliphatic rings. The third-order valence-electron chi connectivity index (χ3n) is 4.91.